The van der Waals surface area contributed by atoms with Gasteiger partial charge in [0.05, 0.1) is 5.57 Å². The minimum atomic E-state index is -0.258. The third kappa shape index (κ3) is 2.94. The standard InChI is InChI=1S/C18H21ClN2O3/c1-2-21-17(23)15(13-5-7-14(19)8-6-13)16(18(21)24)20-9-3-4-12(10-20)11-22/h5-8,12,22H,2-4,9-11H2,1H3. The van der Waals surface area contributed by atoms with Gasteiger partial charge >= 0.3 is 0 Å². The van der Waals surface area contributed by atoms with Gasteiger partial charge in [-0.2, -0.15) is 0 Å². The Hall–Kier alpha value is -1.85. The third-order valence-electron chi connectivity index (χ3n) is 4.69. The summed E-state index contributed by atoms with van der Waals surface area (Å²) in [6.45, 7) is 3.55. The van der Waals surface area contributed by atoms with Gasteiger partial charge in [-0.15, -0.1) is 0 Å². The first-order valence-electron chi connectivity index (χ1n) is 8.29. The number of benzene rings is 1. The van der Waals surface area contributed by atoms with E-state index in [-0.39, 0.29) is 24.3 Å². The van der Waals surface area contributed by atoms with E-state index in [1.54, 1.807) is 31.2 Å². The average molecular weight is 349 g/mol. The maximum absolute atomic E-state index is 12.8. The number of halogens is 1. The van der Waals surface area contributed by atoms with Crippen LogP contribution >= 0.6 is 11.6 Å². The van der Waals surface area contributed by atoms with Crippen molar-refractivity contribution >= 4 is 29.0 Å². The zero-order chi connectivity index (χ0) is 17.3. The van der Waals surface area contributed by atoms with Crippen molar-refractivity contribution in [2.24, 2.45) is 5.92 Å². The number of carbonyl (C=O) groups excluding carboxylic acids is 2. The molecule has 0 aliphatic carbocycles. The molecule has 1 saturated heterocycles. The number of piperidine rings is 1. The van der Waals surface area contributed by atoms with Gasteiger partial charge in [0.15, 0.2) is 0 Å². The lowest BCUT2D eigenvalue weighted by Gasteiger charge is -2.34. The van der Waals surface area contributed by atoms with Crippen LogP contribution in [0, 0.1) is 5.92 Å². The minimum Gasteiger partial charge on any atom is -0.396 e. The van der Waals surface area contributed by atoms with E-state index < -0.39 is 0 Å². The van der Waals surface area contributed by atoms with Gasteiger partial charge in [-0.05, 0) is 43.4 Å². The molecule has 128 valence electrons. The first kappa shape index (κ1) is 17.0. The maximum Gasteiger partial charge on any atom is 0.277 e. The predicted octanol–water partition coefficient (Wildman–Crippen LogP) is 2.14. The van der Waals surface area contributed by atoms with Crippen LogP contribution in [0.25, 0.3) is 5.57 Å². The highest BCUT2D eigenvalue weighted by Gasteiger charge is 2.41. The SMILES string of the molecule is CCN1C(=O)C(c2ccc(Cl)cc2)=C(N2CCCC(CO)C2)C1=O. The summed E-state index contributed by atoms with van der Waals surface area (Å²) in [7, 11) is 0. The van der Waals surface area contributed by atoms with Crippen LogP contribution in [-0.2, 0) is 9.59 Å². The van der Waals surface area contributed by atoms with Gasteiger partial charge in [0.25, 0.3) is 11.8 Å². The number of imide groups is 1. The van der Waals surface area contributed by atoms with Crippen LogP contribution < -0.4 is 0 Å². The Morgan fingerprint density at radius 1 is 1.21 bits per heavy atom. The molecule has 2 heterocycles. The van der Waals surface area contributed by atoms with Gasteiger partial charge < -0.3 is 10.0 Å². The lowest BCUT2D eigenvalue weighted by molar-refractivity contribution is -0.137. The van der Waals surface area contributed by atoms with Gasteiger partial charge in [-0.3, -0.25) is 14.5 Å². The summed E-state index contributed by atoms with van der Waals surface area (Å²) >= 11 is 5.95. The highest BCUT2D eigenvalue weighted by molar-refractivity contribution is 6.36. The molecule has 2 amide bonds. The van der Waals surface area contributed by atoms with Crippen molar-refractivity contribution in [1.29, 1.82) is 0 Å². The van der Waals surface area contributed by atoms with Crippen LogP contribution in [0.15, 0.2) is 30.0 Å². The van der Waals surface area contributed by atoms with Crippen LogP contribution in [-0.4, -0.2) is 53.0 Å². The Bertz CT molecular complexity index is 684. The van der Waals surface area contributed by atoms with Crippen LogP contribution in [0.1, 0.15) is 25.3 Å². The smallest absolute Gasteiger partial charge is 0.277 e. The number of hydrogen-bond donors (Lipinski definition) is 1. The molecule has 6 heteroatoms. The second-order valence-corrected chi connectivity index (χ2v) is 6.66. The van der Waals surface area contributed by atoms with Crippen molar-refractivity contribution in [2.45, 2.75) is 19.8 Å². The molecule has 1 atom stereocenters. The molecule has 1 fully saturated rings. The fourth-order valence-electron chi connectivity index (χ4n) is 3.44. The van der Waals surface area contributed by atoms with Gasteiger partial charge in [-0.1, -0.05) is 23.7 Å². The average Bonchev–Trinajstić information content (AvgIpc) is 2.85. The van der Waals surface area contributed by atoms with Gasteiger partial charge in [0.2, 0.25) is 0 Å². The normalized spacial score (nSPS) is 21.9. The number of nitrogens with zero attached hydrogens (tertiary/aromatic N) is 2. The summed E-state index contributed by atoms with van der Waals surface area (Å²) in [6, 6.07) is 6.99. The van der Waals surface area contributed by atoms with Gasteiger partial charge in [0, 0.05) is 31.3 Å². The summed E-state index contributed by atoms with van der Waals surface area (Å²) < 4.78 is 0. The molecule has 5 nitrogen and oxygen atoms in total. The van der Waals surface area contributed by atoms with Gasteiger partial charge in [0.1, 0.15) is 5.70 Å². The van der Waals surface area contributed by atoms with E-state index >= 15 is 0 Å². The Kier molecular flexibility index (Phi) is 4.92. The zero-order valence-electron chi connectivity index (χ0n) is 13.7. The molecule has 1 aromatic rings. The summed E-state index contributed by atoms with van der Waals surface area (Å²) in [5.74, 6) is -0.367. The second kappa shape index (κ2) is 6.95. The Labute approximate surface area is 146 Å². The van der Waals surface area contributed by atoms with E-state index in [0.717, 1.165) is 19.4 Å². The van der Waals surface area contributed by atoms with Crippen LogP contribution in [0.5, 0.6) is 0 Å². The lowest BCUT2D eigenvalue weighted by atomic mass is 9.97. The van der Waals surface area contributed by atoms with Crippen molar-refractivity contribution in [3.05, 3.63) is 40.5 Å². The van der Waals surface area contributed by atoms with E-state index in [1.807, 2.05) is 4.90 Å². The molecule has 0 aromatic heterocycles. The van der Waals surface area contributed by atoms with Crippen molar-refractivity contribution < 1.29 is 14.7 Å². The van der Waals surface area contributed by atoms with Crippen LogP contribution in [0.2, 0.25) is 5.02 Å². The maximum atomic E-state index is 12.8. The molecular weight excluding hydrogens is 328 g/mol. The number of carbonyl (C=O) groups is 2. The summed E-state index contributed by atoms with van der Waals surface area (Å²) in [5, 5.41) is 10.0. The van der Waals surface area contributed by atoms with E-state index in [0.29, 0.717) is 34.9 Å². The van der Waals surface area contributed by atoms with Crippen molar-refractivity contribution in [3.63, 3.8) is 0 Å². The van der Waals surface area contributed by atoms with Crippen molar-refractivity contribution in [1.82, 2.24) is 9.80 Å². The molecule has 0 spiro atoms. The Balaban J connectivity index is 2.06. The van der Waals surface area contributed by atoms with E-state index in [4.69, 9.17) is 11.6 Å². The molecule has 1 N–H and O–H groups in total. The number of aliphatic hydroxyl groups excluding tert-OH is 1. The van der Waals surface area contributed by atoms with Gasteiger partial charge in [-0.25, -0.2) is 0 Å². The number of likely N-dealkylation sites (tertiary alicyclic amines) is 1. The second-order valence-electron chi connectivity index (χ2n) is 6.22. The molecule has 0 saturated carbocycles. The summed E-state index contributed by atoms with van der Waals surface area (Å²) in [6.07, 6.45) is 1.84. The van der Waals surface area contributed by atoms with Crippen molar-refractivity contribution in [2.75, 3.05) is 26.2 Å². The molecule has 3 rings (SSSR count). The highest BCUT2D eigenvalue weighted by Crippen LogP contribution is 2.34. The molecule has 0 bridgehead atoms. The van der Waals surface area contributed by atoms with Crippen molar-refractivity contribution in [3.8, 4) is 0 Å². The van der Waals surface area contributed by atoms with E-state index in [2.05, 4.69) is 0 Å². The molecule has 24 heavy (non-hydrogen) atoms. The third-order valence-corrected chi connectivity index (χ3v) is 4.94. The van der Waals surface area contributed by atoms with Crippen LogP contribution in [0.3, 0.4) is 0 Å². The Morgan fingerprint density at radius 3 is 2.54 bits per heavy atom. The number of likely N-dealkylation sites (N-methyl/N-ethyl adjacent to an activating group) is 1. The number of aliphatic hydroxyl groups is 1. The summed E-state index contributed by atoms with van der Waals surface area (Å²) in [4.78, 5) is 28.8. The molecule has 0 radical (unpaired) electrons. The largest absolute Gasteiger partial charge is 0.396 e. The number of hydrogen-bond acceptors (Lipinski definition) is 4. The Morgan fingerprint density at radius 2 is 1.92 bits per heavy atom. The number of amides is 2. The predicted molar refractivity (Wildman–Crippen MR) is 92.1 cm³/mol. The fraction of sp³-hybridized carbons (Fsp3) is 0.444. The minimum absolute atomic E-state index is 0.0969. The molecular formula is C18H21ClN2O3. The first-order valence-corrected chi connectivity index (χ1v) is 8.66. The van der Waals surface area contributed by atoms with E-state index in [9.17, 15) is 14.7 Å². The monoisotopic (exact) mass is 348 g/mol. The zero-order valence-corrected chi connectivity index (χ0v) is 14.4. The highest BCUT2D eigenvalue weighted by atomic mass is 35.5. The van der Waals surface area contributed by atoms with Crippen LogP contribution in [0.4, 0.5) is 0 Å². The van der Waals surface area contributed by atoms with E-state index in [1.165, 1.54) is 4.90 Å². The molecule has 1 aromatic carbocycles. The number of rotatable bonds is 4. The lowest BCUT2D eigenvalue weighted by Crippen LogP contribution is -2.40. The first-order chi connectivity index (χ1) is 11.6. The quantitative estimate of drug-likeness (QED) is 0.847. The molecule has 2 aliphatic heterocycles. The summed E-state index contributed by atoms with van der Waals surface area (Å²) in [5.41, 5.74) is 1.61. The topological polar surface area (TPSA) is 60.9 Å². The molecule has 2 aliphatic rings. The fourth-order valence-corrected chi connectivity index (χ4v) is 3.56. The molecule has 1 unspecified atom stereocenters.